The Hall–Kier alpha value is -2.79. The van der Waals surface area contributed by atoms with Crippen LogP contribution in [0.15, 0.2) is 48.6 Å². The van der Waals surface area contributed by atoms with E-state index in [4.69, 9.17) is 0 Å². The Bertz CT molecular complexity index is 866. The van der Waals surface area contributed by atoms with Crippen LogP contribution in [0.3, 0.4) is 0 Å². The molecule has 4 rings (SSSR count). The Balaban J connectivity index is 1.87. The molecule has 126 valence electrons. The molecule has 2 aliphatic rings. The van der Waals surface area contributed by atoms with Crippen LogP contribution in [-0.4, -0.2) is 54.7 Å². The second kappa shape index (κ2) is 6.26. The molecular formula is C20H19N3O2. The van der Waals surface area contributed by atoms with E-state index in [1.807, 2.05) is 36.4 Å². The molecule has 2 aromatic rings. The largest absolute Gasteiger partial charge is 0.354 e. The maximum absolute atomic E-state index is 12.5. The number of carbonyl (C=O) groups excluding carboxylic acids is 2. The van der Waals surface area contributed by atoms with Gasteiger partial charge in [0.15, 0.2) is 5.78 Å². The molecule has 5 heteroatoms. The molecule has 2 heterocycles. The van der Waals surface area contributed by atoms with Gasteiger partial charge in [0.2, 0.25) is 5.78 Å². The third-order valence-corrected chi connectivity index (χ3v) is 4.78. The number of pyridine rings is 1. The Morgan fingerprint density at radius 1 is 0.920 bits per heavy atom. The molecule has 0 amide bonds. The molecule has 0 spiro atoms. The summed E-state index contributed by atoms with van der Waals surface area (Å²) in [6, 6.07) is 11.7. The van der Waals surface area contributed by atoms with Crippen molar-refractivity contribution in [1.82, 2.24) is 9.88 Å². The lowest BCUT2D eigenvalue weighted by Gasteiger charge is -2.34. The molecule has 0 atom stereocenters. The first-order valence-corrected chi connectivity index (χ1v) is 8.44. The second-order valence-electron chi connectivity index (χ2n) is 6.47. The maximum Gasteiger partial charge on any atom is 0.205 e. The van der Waals surface area contributed by atoms with E-state index in [9.17, 15) is 9.59 Å². The minimum absolute atomic E-state index is 0.161. The van der Waals surface area contributed by atoms with Crippen LogP contribution in [0.25, 0.3) is 11.1 Å². The molecule has 0 N–H and O–H groups in total. The van der Waals surface area contributed by atoms with E-state index >= 15 is 0 Å². The van der Waals surface area contributed by atoms with Gasteiger partial charge in [-0.1, -0.05) is 30.3 Å². The van der Waals surface area contributed by atoms with Crippen LogP contribution in [0.5, 0.6) is 0 Å². The first-order chi connectivity index (χ1) is 12.1. The zero-order valence-electron chi connectivity index (χ0n) is 14.1. The van der Waals surface area contributed by atoms with Gasteiger partial charge >= 0.3 is 0 Å². The number of carbonyl (C=O) groups is 2. The Morgan fingerprint density at radius 3 is 2.32 bits per heavy atom. The number of anilines is 1. The highest BCUT2D eigenvalue weighted by Gasteiger charge is 2.27. The highest BCUT2D eigenvalue weighted by Crippen LogP contribution is 2.32. The molecule has 1 saturated heterocycles. The van der Waals surface area contributed by atoms with Crippen LogP contribution in [0, 0.1) is 0 Å². The van der Waals surface area contributed by atoms with Gasteiger partial charge in [-0.05, 0) is 36.4 Å². The molecule has 0 saturated carbocycles. The van der Waals surface area contributed by atoms with E-state index in [0.717, 1.165) is 43.1 Å². The smallest absolute Gasteiger partial charge is 0.205 e. The zero-order valence-corrected chi connectivity index (χ0v) is 14.1. The number of rotatable bonds is 2. The van der Waals surface area contributed by atoms with E-state index in [2.05, 4.69) is 21.8 Å². The van der Waals surface area contributed by atoms with Crippen LogP contribution < -0.4 is 4.90 Å². The quantitative estimate of drug-likeness (QED) is 0.845. The summed E-state index contributed by atoms with van der Waals surface area (Å²) in [5, 5.41) is 0. The fourth-order valence-electron chi connectivity index (χ4n) is 3.32. The molecule has 5 nitrogen and oxygen atoms in total. The van der Waals surface area contributed by atoms with Crippen LogP contribution >= 0.6 is 0 Å². The van der Waals surface area contributed by atoms with Gasteiger partial charge < -0.3 is 9.80 Å². The maximum atomic E-state index is 12.5. The van der Waals surface area contributed by atoms with Gasteiger partial charge in [0.1, 0.15) is 11.5 Å². The van der Waals surface area contributed by atoms with Gasteiger partial charge in [-0.3, -0.25) is 9.59 Å². The fraction of sp³-hybridized carbons (Fsp3) is 0.250. The molecule has 1 aromatic heterocycles. The van der Waals surface area contributed by atoms with E-state index < -0.39 is 0 Å². The van der Waals surface area contributed by atoms with Gasteiger partial charge in [0.05, 0.1) is 5.56 Å². The van der Waals surface area contributed by atoms with Crippen molar-refractivity contribution in [2.24, 2.45) is 0 Å². The lowest BCUT2D eigenvalue weighted by Crippen LogP contribution is -2.45. The number of fused-ring (bicyclic) bond motifs is 1. The Morgan fingerprint density at radius 2 is 1.60 bits per heavy atom. The SMILES string of the molecule is CN1CCN(c2cc(-c3ccccc3)c3c(n2)C(=O)C=CC3=O)CC1. The minimum atomic E-state index is -0.206. The normalized spacial score (nSPS) is 17.7. The van der Waals surface area contributed by atoms with Gasteiger partial charge in [0.25, 0.3) is 0 Å². The number of nitrogens with zero attached hydrogens (tertiary/aromatic N) is 3. The van der Waals surface area contributed by atoms with Gasteiger partial charge in [-0.15, -0.1) is 0 Å². The highest BCUT2D eigenvalue weighted by atomic mass is 16.1. The summed E-state index contributed by atoms with van der Waals surface area (Å²) in [4.78, 5) is 33.8. The molecule has 0 bridgehead atoms. The molecular weight excluding hydrogens is 314 g/mol. The summed E-state index contributed by atoms with van der Waals surface area (Å²) in [7, 11) is 2.10. The number of piperazine rings is 1. The summed E-state index contributed by atoms with van der Waals surface area (Å²) in [5.74, 6) is 0.399. The van der Waals surface area contributed by atoms with Crippen molar-refractivity contribution in [3.05, 3.63) is 59.8 Å². The second-order valence-corrected chi connectivity index (χ2v) is 6.47. The highest BCUT2D eigenvalue weighted by molar-refractivity contribution is 6.23. The first-order valence-electron chi connectivity index (χ1n) is 8.44. The van der Waals surface area contributed by atoms with Crippen LogP contribution in [-0.2, 0) is 0 Å². The monoisotopic (exact) mass is 333 g/mol. The van der Waals surface area contributed by atoms with Crippen LogP contribution in [0.1, 0.15) is 20.8 Å². The molecule has 0 radical (unpaired) electrons. The molecule has 25 heavy (non-hydrogen) atoms. The third kappa shape index (κ3) is 2.87. The van der Waals surface area contributed by atoms with Crippen molar-refractivity contribution in [1.29, 1.82) is 0 Å². The average molecular weight is 333 g/mol. The molecule has 1 aliphatic heterocycles. The summed E-state index contributed by atoms with van der Waals surface area (Å²) in [5.41, 5.74) is 2.38. The summed E-state index contributed by atoms with van der Waals surface area (Å²) >= 11 is 0. The van der Waals surface area contributed by atoms with Crippen molar-refractivity contribution in [3.8, 4) is 11.1 Å². The van der Waals surface area contributed by atoms with E-state index in [0.29, 0.717) is 5.56 Å². The number of hydrogen-bond donors (Lipinski definition) is 0. The standard InChI is InChI=1S/C20H19N3O2/c1-22-9-11-23(12-10-22)18-13-15(14-5-3-2-4-6-14)19-16(24)7-8-17(25)20(19)21-18/h2-8,13H,9-12H2,1H3. The topological polar surface area (TPSA) is 53.5 Å². The van der Waals surface area contributed by atoms with E-state index in [1.165, 1.54) is 12.2 Å². The number of ketones is 2. The average Bonchev–Trinajstić information content (AvgIpc) is 2.65. The number of likely N-dealkylation sites (N-methyl/N-ethyl adjacent to an activating group) is 1. The Kier molecular flexibility index (Phi) is 3.93. The van der Waals surface area contributed by atoms with Crippen LogP contribution in [0.4, 0.5) is 5.82 Å². The number of allylic oxidation sites excluding steroid dienone is 2. The Labute approximate surface area is 146 Å². The van der Waals surface area contributed by atoms with E-state index in [-0.39, 0.29) is 17.3 Å². The molecule has 1 aromatic carbocycles. The van der Waals surface area contributed by atoms with Crippen molar-refractivity contribution in [2.75, 3.05) is 38.1 Å². The van der Waals surface area contributed by atoms with Gasteiger partial charge in [0, 0.05) is 26.2 Å². The minimum Gasteiger partial charge on any atom is -0.354 e. The van der Waals surface area contributed by atoms with Gasteiger partial charge in [-0.2, -0.15) is 0 Å². The van der Waals surface area contributed by atoms with Crippen molar-refractivity contribution in [3.63, 3.8) is 0 Å². The summed E-state index contributed by atoms with van der Waals surface area (Å²) < 4.78 is 0. The lowest BCUT2D eigenvalue weighted by atomic mass is 9.91. The van der Waals surface area contributed by atoms with Crippen molar-refractivity contribution in [2.45, 2.75) is 0 Å². The number of hydrogen-bond acceptors (Lipinski definition) is 5. The lowest BCUT2D eigenvalue weighted by molar-refractivity contribution is 0.0991. The first kappa shape index (κ1) is 15.7. The zero-order chi connectivity index (χ0) is 17.4. The van der Waals surface area contributed by atoms with Gasteiger partial charge in [-0.25, -0.2) is 4.98 Å². The predicted molar refractivity (Wildman–Crippen MR) is 97.2 cm³/mol. The molecule has 0 unspecified atom stereocenters. The number of aromatic nitrogens is 1. The fourth-order valence-corrected chi connectivity index (χ4v) is 3.32. The van der Waals surface area contributed by atoms with Crippen molar-refractivity contribution < 1.29 is 9.59 Å². The number of benzene rings is 1. The van der Waals surface area contributed by atoms with Crippen molar-refractivity contribution >= 4 is 17.4 Å². The molecule has 1 aliphatic carbocycles. The molecule has 1 fully saturated rings. The third-order valence-electron chi connectivity index (χ3n) is 4.78. The van der Waals surface area contributed by atoms with Crippen LogP contribution in [0.2, 0.25) is 0 Å². The van der Waals surface area contributed by atoms with E-state index in [1.54, 1.807) is 0 Å². The summed E-state index contributed by atoms with van der Waals surface area (Å²) in [6.45, 7) is 3.61. The predicted octanol–water partition coefficient (Wildman–Crippen LogP) is 2.44. The summed E-state index contributed by atoms with van der Waals surface area (Å²) in [6.07, 6.45) is 2.66.